The number of rotatable bonds is 3. The second-order valence-electron chi connectivity index (χ2n) is 6.81. The SMILES string of the molecule is Cc1[nH]c(C=C2C(=O)Nc3cccc(-c4c(F)cccc4F)c32)c(C)c1C(=O)O. The molecular formula is C22H16F2N2O3. The zero-order chi connectivity index (χ0) is 20.9. The number of aryl methyl sites for hydroxylation is 1. The van der Waals surface area contributed by atoms with Crippen molar-refractivity contribution in [1.29, 1.82) is 0 Å². The van der Waals surface area contributed by atoms with Crippen LogP contribution in [0.2, 0.25) is 0 Å². The Morgan fingerprint density at radius 2 is 1.69 bits per heavy atom. The molecule has 5 nitrogen and oxygen atoms in total. The van der Waals surface area contributed by atoms with E-state index in [1.54, 1.807) is 32.0 Å². The van der Waals surface area contributed by atoms with Crippen molar-refractivity contribution in [3.63, 3.8) is 0 Å². The van der Waals surface area contributed by atoms with Gasteiger partial charge in [-0.3, -0.25) is 4.79 Å². The zero-order valence-electron chi connectivity index (χ0n) is 15.6. The number of nitrogens with one attached hydrogen (secondary N) is 2. The van der Waals surface area contributed by atoms with Crippen LogP contribution in [0.3, 0.4) is 0 Å². The van der Waals surface area contributed by atoms with Gasteiger partial charge in [-0.2, -0.15) is 0 Å². The largest absolute Gasteiger partial charge is 0.478 e. The number of hydrogen-bond acceptors (Lipinski definition) is 2. The van der Waals surface area contributed by atoms with Gasteiger partial charge in [0.2, 0.25) is 0 Å². The number of hydrogen-bond donors (Lipinski definition) is 3. The first-order valence-electron chi connectivity index (χ1n) is 8.83. The van der Waals surface area contributed by atoms with Crippen molar-refractivity contribution in [2.75, 3.05) is 5.32 Å². The summed E-state index contributed by atoms with van der Waals surface area (Å²) in [6, 6.07) is 8.38. The number of fused-ring (bicyclic) bond motifs is 1. The molecule has 2 aromatic carbocycles. The molecule has 1 amide bonds. The average molecular weight is 394 g/mol. The van der Waals surface area contributed by atoms with E-state index in [4.69, 9.17) is 0 Å². The lowest BCUT2D eigenvalue weighted by Crippen LogP contribution is -2.04. The molecule has 0 fully saturated rings. The summed E-state index contributed by atoms with van der Waals surface area (Å²) in [4.78, 5) is 27.1. The van der Waals surface area contributed by atoms with Gasteiger partial charge in [0, 0.05) is 22.6 Å². The maximum atomic E-state index is 14.4. The van der Waals surface area contributed by atoms with Crippen LogP contribution in [0.1, 0.15) is 32.9 Å². The third-order valence-electron chi connectivity index (χ3n) is 5.04. The van der Waals surface area contributed by atoms with Crippen LogP contribution in [-0.4, -0.2) is 22.0 Å². The van der Waals surface area contributed by atoms with Crippen LogP contribution in [-0.2, 0) is 4.79 Å². The van der Waals surface area contributed by atoms with E-state index in [1.807, 2.05) is 0 Å². The normalized spacial score (nSPS) is 14.2. The third kappa shape index (κ3) is 2.91. The highest BCUT2D eigenvalue weighted by Gasteiger charge is 2.30. The molecule has 1 aromatic heterocycles. The summed E-state index contributed by atoms with van der Waals surface area (Å²) >= 11 is 0. The van der Waals surface area contributed by atoms with Gasteiger partial charge < -0.3 is 15.4 Å². The molecule has 1 aliphatic rings. The van der Waals surface area contributed by atoms with E-state index in [-0.39, 0.29) is 22.3 Å². The Kier molecular flexibility index (Phi) is 4.30. The average Bonchev–Trinajstić information content (AvgIpc) is 3.11. The molecule has 3 aromatic rings. The number of aromatic amines is 1. The van der Waals surface area contributed by atoms with Crippen LogP contribution in [0, 0.1) is 25.5 Å². The van der Waals surface area contributed by atoms with Crippen LogP contribution in [0.25, 0.3) is 22.8 Å². The summed E-state index contributed by atoms with van der Waals surface area (Å²) in [5.74, 6) is -2.99. The van der Waals surface area contributed by atoms with Gasteiger partial charge in [0.1, 0.15) is 11.6 Å². The molecule has 3 N–H and O–H groups in total. The van der Waals surface area contributed by atoms with Crippen molar-refractivity contribution in [2.45, 2.75) is 13.8 Å². The maximum absolute atomic E-state index is 14.4. The molecule has 29 heavy (non-hydrogen) atoms. The molecule has 0 spiro atoms. The molecule has 4 rings (SSSR count). The highest BCUT2D eigenvalue weighted by atomic mass is 19.1. The maximum Gasteiger partial charge on any atom is 0.337 e. The minimum Gasteiger partial charge on any atom is -0.478 e. The molecule has 0 saturated heterocycles. The van der Waals surface area contributed by atoms with Gasteiger partial charge in [-0.1, -0.05) is 18.2 Å². The van der Waals surface area contributed by atoms with Crippen molar-refractivity contribution >= 4 is 29.2 Å². The van der Waals surface area contributed by atoms with Gasteiger partial charge in [0.05, 0.1) is 16.7 Å². The molecule has 2 heterocycles. The number of amides is 1. The van der Waals surface area contributed by atoms with Crippen LogP contribution >= 0.6 is 0 Å². The standard InChI is InChI=1S/C22H16F2N2O3/c1-10-17(25-11(2)18(10)22(28)29)9-13-19-12(5-3-8-16(19)26-21(13)27)20-14(23)6-4-7-15(20)24/h3-9,25H,1-2H3,(H,26,27)(H,28,29). The smallest absolute Gasteiger partial charge is 0.337 e. The summed E-state index contributed by atoms with van der Waals surface area (Å²) < 4.78 is 28.9. The predicted octanol–water partition coefficient (Wildman–Crippen LogP) is 4.77. The highest BCUT2D eigenvalue weighted by molar-refractivity contribution is 6.36. The molecule has 0 radical (unpaired) electrons. The Balaban J connectivity index is 1.96. The predicted molar refractivity (Wildman–Crippen MR) is 106 cm³/mol. The van der Waals surface area contributed by atoms with Gasteiger partial charge in [-0.25, -0.2) is 13.6 Å². The van der Waals surface area contributed by atoms with E-state index >= 15 is 0 Å². The summed E-state index contributed by atoms with van der Waals surface area (Å²) in [5, 5.41) is 12.1. The topological polar surface area (TPSA) is 82.2 Å². The van der Waals surface area contributed by atoms with Gasteiger partial charge in [-0.05, 0) is 49.2 Å². The number of anilines is 1. The molecule has 0 aliphatic carbocycles. The van der Waals surface area contributed by atoms with Crippen molar-refractivity contribution < 1.29 is 23.5 Å². The highest BCUT2D eigenvalue weighted by Crippen LogP contribution is 2.42. The fraction of sp³-hybridized carbons (Fsp3) is 0.0909. The lowest BCUT2D eigenvalue weighted by molar-refractivity contribution is -0.110. The van der Waals surface area contributed by atoms with Gasteiger partial charge >= 0.3 is 5.97 Å². The number of benzene rings is 2. The second-order valence-corrected chi connectivity index (χ2v) is 6.81. The molecule has 0 unspecified atom stereocenters. The van der Waals surface area contributed by atoms with E-state index in [1.165, 1.54) is 12.1 Å². The van der Waals surface area contributed by atoms with Crippen molar-refractivity contribution in [2.24, 2.45) is 0 Å². The van der Waals surface area contributed by atoms with Gasteiger partial charge in [-0.15, -0.1) is 0 Å². The van der Waals surface area contributed by atoms with Crippen molar-refractivity contribution in [1.82, 2.24) is 4.98 Å². The van der Waals surface area contributed by atoms with Crippen LogP contribution in [0.4, 0.5) is 14.5 Å². The number of aromatic nitrogens is 1. The molecule has 7 heteroatoms. The third-order valence-corrected chi connectivity index (χ3v) is 5.04. The van der Waals surface area contributed by atoms with Crippen LogP contribution in [0.5, 0.6) is 0 Å². The lowest BCUT2D eigenvalue weighted by atomic mass is 9.93. The molecule has 0 bridgehead atoms. The van der Waals surface area contributed by atoms with E-state index in [2.05, 4.69) is 10.3 Å². The first-order chi connectivity index (χ1) is 13.8. The van der Waals surface area contributed by atoms with Gasteiger partial charge in [0.25, 0.3) is 5.91 Å². The number of aromatic carboxylic acids is 1. The lowest BCUT2D eigenvalue weighted by Gasteiger charge is -2.10. The first-order valence-corrected chi connectivity index (χ1v) is 8.83. The van der Waals surface area contributed by atoms with E-state index < -0.39 is 23.5 Å². The number of H-pyrrole nitrogens is 1. The van der Waals surface area contributed by atoms with E-state index in [0.29, 0.717) is 28.2 Å². The fourth-order valence-electron chi connectivity index (χ4n) is 3.73. The van der Waals surface area contributed by atoms with Crippen molar-refractivity contribution in [3.8, 4) is 11.1 Å². The number of halogens is 2. The fourth-order valence-corrected chi connectivity index (χ4v) is 3.73. The Bertz CT molecular complexity index is 1200. The summed E-state index contributed by atoms with van der Waals surface area (Å²) in [7, 11) is 0. The van der Waals surface area contributed by atoms with Crippen LogP contribution in [0.15, 0.2) is 36.4 Å². The Morgan fingerprint density at radius 3 is 2.31 bits per heavy atom. The summed E-state index contributed by atoms with van der Waals surface area (Å²) in [6.45, 7) is 3.26. The quantitative estimate of drug-likeness (QED) is 0.560. The Hall–Kier alpha value is -3.74. The molecule has 0 saturated carbocycles. The van der Waals surface area contributed by atoms with Crippen LogP contribution < -0.4 is 5.32 Å². The minimum atomic E-state index is -1.08. The second kappa shape index (κ2) is 6.70. The Morgan fingerprint density at radius 1 is 1.03 bits per heavy atom. The summed E-state index contributed by atoms with van der Waals surface area (Å²) in [5.41, 5.74) is 2.50. The molecule has 146 valence electrons. The molecular weight excluding hydrogens is 378 g/mol. The van der Waals surface area contributed by atoms with E-state index in [0.717, 1.165) is 12.1 Å². The number of carbonyl (C=O) groups is 2. The monoisotopic (exact) mass is 394 g/mol. The van der Waals surface area contributed by atoms with Crippen molar-refractivity contribution in [3.05, 3.63) is 76.1 Å². The van der Waals surface area contributed by atoms with E-state index in [9.17, 15) is 23.5 Å². The molecule has 1 aliphatic heterocycles. The first kappa shape index (κ1) is 18.6. The van der Waals surface area contributed by atoms with Gasteiger partial charge in [0.15, 0.2) is 0 Å². The summed E-state index contributed by atoms with van der Waals surface area (Å²) in [6.07, 6.45) is 1.51. The Labute approximate surface area is 164 Å². The number of carboxylic acids is 1. The zero-order valence-corrected chi connectivity index (χ0v) is 15.6. The number of carboxylic acid groups (broad SMARTS) is 1. The molecule has 0 atom stereocenters. The minimum absolute atomic E-state index is 0.129. The number of carbonyl (C=O) groups excluding carboxylic acids is 1.